The lowest BCUT2D eigenvalue weighted by Gasteiger charge is -2.01. The quantitative estimate of drug-likeness (QED) is 0.496. The molecule has 0 fully saturated rings. The maximum Gasteiger partial charge on any atom is 0.128 e. The van der Waals surface area contributed by atoms with E-state index in [2.05, 4.69) is 6.58 Å². The van der Waals surface area contributed by atoms with Gasteiger partial charge in [0.25, 0.3) is 0 Å². The molecule has 1 nitrogen and oxygen atoms in total. The summed E-state index contributed by atoms with van der Waals surface area (Å²) < 4.78 is 0. The van der Waals surface area contributed by atoms with Crippen LogP contribution in [-0.2, 0) is 4.79 Å². The SMILES string of the molecule is C=CCC(C=O)c1cccs1. The summed E-state index contributed by atoms with van der Waals surface area (Å²) in [5.41, 5.74) is 0. The van der Waals surface area contributed by atoms with Gasteiger partial charge in [-0.2, -0.15) is 0 Å². The molecule has 1 atom stereocenters. The predicted octanol–water partition coefficient (Wildman–Crippen LogP) is 2.61. The van der Waals surface area contributed by atoms with Gasteiger partial charge in [0.1, 0.15) is 6.29 Å². The zero-order valence-electron chi connectivity index (χ0n) is 6.19. The first-order chi connectivity index (χ1) is 5.38. The molecule has 0 amide bonds. The summed E-state index contributed by atoms with van der Waals surface area (Å²) in [6.45, 7) is 3.60. The van der Waals surface area contributed by atoms with Gasteiger partial charge in [-0.1, -0.05) is 12.1 Å². The standard InChI is InChI=1S/C9H10OS/c1-2-4-8(7-10)9-5-3-6-11-9/h2-3,5-8H,1,4H2. The van der Waals surface area contributed by atoms with E-state index in [9.17, 15) is 4.79 Å². The molecule has 0 spiro atoms. The van der Waals surface area contributed by atoms with Crippen molar-refractivity contribution in [3.05, 3.63) is 35.0 Å². The van der Waals surface area contributed by atoms with E-state index in [-0.39, 0.29) is 5.92 Å². The van der Waals surface area contributed by atoms with Crippen molar-refractivity contribution in [1.82, 2.24) is 0 Å². The number of thiophene rings is 1. The number of carbonyl (C=O) groups excluding carboxylic acids is 1. The second-order valence-corrected chi connectivity index (χ2v) is 3.26. The number of hydrogen-bond acceptors (Lipinski definition) is 2. The van der Waals surface area contributed by atoms with E-state index in [1.54, 1.807) is 17.4 Å². The van der Waals surface area contributed by atoms with Crippen LogP contribution in [0.5, 0.6) is 0 Å². The van der Waals surface area contributed by atoms with Crippen LogP contribution >= 0.6 is 11.3 Å². The number of aldehydes is 1. The van der Waals surface area contributed by atoms with Crippen LogP contribution < -0.4 is 0 Å². The highest BCUT2D eigenvalue weighted by atomic mass is 32.1. The fourth-order valence-electron chi connectivity index (χ4n) is 0.921. The Morgan fingerprint density at radius 2 is 2.55 bits per heavy atom. The van der Waals surface area contributed by atoms with Gasteiger partial charge >= 0.3 is 0 Å². The van der Waals surface area contributed by atoms with Crippen LogP contribution in [0.25, 0.3) is 0 Å². The third-order valence-corrected chi connectivity index (χ3v) is 2.50. The Kier molecular flexibility index (Phi) is 3.05. The Bertz CT molecular complexity index is 226. The number of allylic oxidation sites excluding steroid dienone is 1. The van der Waals surface area contributed by atoms with Gasteiger partial charge in [-0.3, -0.25) is 0 Å². The van der Waals surface area contributed by atoms with E-state index in [1.165, 1.54) is 0 Å². The molecule has 2 heteroatoms. The molecule has 0 aliphatic carbocycles. The maximum atomic E-state index is 10.6. The van der Waals surface area contributed by atoms with E-state index in [4.69, 9.17) is 0 Å². The third-order valence-electron chi connectivity index (χ3n) is 1.49. The van der Waals surface area contributed by atoms with Crippen LogP contribution in [0, 0.1) is 0 Å². The smallest absolute Gasteiger partial charge is 0.128 e. The molecule has 0 aliphatic heterocycles. The van der Waals surface area contributed by atoms with Crippen LogP contribution in [0.2, 0.25) is 0 Å². The first-order valence-electron chi connectivity index (χ1n) is 3.48. The Morgan fingerprint density at radius 1 is 1.73 bits per heavy atom. The van der Waals surface area contributed by atoms with Gasteiger partial charge in [0, 0.05) is 4.88 Å². The molecule has 0 saturated heterocycles. The van der Waals surface area contributed by atoms with E-state index >= 15 is 0 Å². The van der Waals surface area contributed by atoms with Gasteiger partial charge in [-0.05, 0) is 17.9 Å². The zero-order chi connectivity index (χ0) is 8.10. The number of carbonyl (C=O) groups is 1. The molecule has 0 aromatic carbocycles. The Balaban J connectivity index is 2.70. The molecule has 0 bridgehead atoms. The second-order valence-electron chi connectivity index (χ2n) is 2.28. The van der Waals surface area contributed by atoms with E-state index in [0.29, 0.717) is 0 Å². The minimum atomic E-state index is 0.0208. The van der Waals surface area contributed by atoms with Crippen LogP contribution in [0.3, 0.4) is 0 Å². The Morgan fingerprint density at radius 3 is 3.00 bits per heavy atom. The molecular formula is C9H10OS. The summed E-state index contributed by atoms with van der Waals surface area (Å²) in [7, 11) is 0. The lowest BCUT2D eigenvalue weighted by atomic mass is 10.1. The van der Waals surface area contributed by atoms with Crippen molar-refractivity contribution in [3.8, 4) is 0 Å². The molecule has 0 radical (unpaired) electrons. The highest BCUT2D eigenvalue weighted by Crippen LogP contribution is 2.22. The molecule has 11 heavy (non-hydrogen) atoms. The fraction of sp³-hybridized carbons (Fsp3) is 0.222. The molecule has 1 rings (SSSR count). The highest BCUT2D eigenvalue weighted by Gasteiger charge is 2.07. The Hall–Kier alpha value is -0.890. The molecule has 1 aromatic heterocycles. The van der Waals surface area contributed by atoms with Gasteiger partial charge in [0.15, 0.2) is 0 Å². The summed E-state index contributed by atoms with van der Waals surface area (Å²) >= 11 is 1.62. The van der Waals surface area contributed by atoms with Gasteiger partial charge < -0.3 is 4.79 Å². The third kappa shape index (κ3) is 2.02. The predicted molar refractivity (Wildman–Crippen MR) is 47.9 cm³/mol. The van der Waals surface area contributed by atoms with Gasteiger partial charge in [-0.25, -0.2) is 0 Å². The topological polar surface area (TPSA) is 17.1 Å². The number of rotatable bonds is 4. The minimum absolute atomic E-state index is 0.0208. The van der Waals surface area contributed by atoms with E-state index in [0.717, 1.165) is 17.6 Å². The average molecular weight is 166 g/mol. The van der Waals surface area contributed by atoms with Crippen LogP contribution in [-0.4, -0.2) is 6.29 Å². The van der Waals surface area contributed by atoms with Crippen molar-refractivity contribution in [2.45, 2.75) is 12.3 Å². The van der Waals surface area contributed by atoms with Crippen molar-refractivity contribution in [3.63, 3.8) is 0 Å². The van der Waals surface area contributed by atoms with Crippen molar-refractivity contribution in [2.24, 2.45) is 0 Å². The lowest BCUT2D eigenvalue weighted by Crippen LogP contribution is -1.94. The highest BCUT2D eigenvalue weighted by molar-refractivity contribution is 7.10. The largest absolute Gasteiger partial charge is 0.303 e. The summed E-state index contributed by atoms with van der Waals surface area (Å²) in [5.74, 6) is 0.0208. The normalized spacial score (nSPS) is 12.4. The zero-order valence-corrected chi connectivity index (χ0v) is 7.01. The van der Waals surface area contributed by atoms with Crippen molar-refractivity contribution < 1.29 is 4.79 Å². The van der Waals surface area contributed by atoms with Crippen LogP contribution in [0.15, 0.2) is 30.2 Å². The average Bonchev–Trinajstić information content (AvgIpc) is 2.52. The van der Waals surface area contributed by atoms with E-state index in [1.807, 2.05) is 17.5 Å². The second kappa shape index (κ2) is 4.09. The van der Waals surface area contributed by atoms with E-state index < -0.39 is 0 Å². The monoisotopic (exact) mass is 166 g/mol. The number of hydrogen-bond donors (Lipinski definition) is 0. The van der Waals surface area contributed by atoms with Crippen molar-refractivity contribution >= 4 is 17.6 Å². The molecule has 1 aromatic rings. The van der Waals surface area contributed by atoms with Crippen LogP contribution in [0.1, 0.15) is 17.2 Å². The first-order valence-corrected chi connectivity index (χ1v) is 4.36. The molecule has 58 valence electrons. The van der Waals surface area contributed by atoms with Gasteiger partial charge in [0.05, 0.1) is 5.92 Å². The van der Waals surface area contributed by atoms with Crippen LogP contribution in [0.4, 0.5) is 0 Å². The van der Waals surface area contributed by atoms with Crippen molar-refractivity contribution in [2.75, 3.05) is 0 Å². The molecule has 1 unspecified atom stereocenters. The van der Waals surface area contributed by atoms with Gasteiger partial charge in [-0.15, -0.1) is 17.9 Å². The molecule has 0 N–H and O–H groups in total. The summed E-state index contributed by atoms with van der Waals surface area (Å²) in [5, 5.41) is 1.98. The fourth-order valence-corrected chi connectivity index (χ4v) is 1.72. The van der Waals surface area contributed by atoms with Gasteiger partial charge in [0.2, 0.25) is 0 Å². The molecule has 0 saturated carbocycles. The maximum absolute atomic E-state index is 10.6. The summed E-state index contributed by atoms with van der Waals surface area (Å²) in [6.07, 6.45) is 3.50. The first kappa shape index (κ1) is 8.21. The summed E-state index contributed by atoms with van der Waals surface area (Å²) in [6, 6.07) is 3.94. The molecule has 0 aliphatic rings. The molecular weight excluding hydrogens is 156 g/mol. The Labute approximate surface area is 70.4 Å². The minimum Gasteiger partial charge on any atom is -0.303 e. The lowest BCUT2D eigenvalue weighted by molar-refractivity contribution is -0.108. The molecule has 1 heterocycles. The van der Waals surface area contributed by atoms with Crippen molar-refractivity contribution in [1.29, 1.82) is 0 Å². The summed E-state index contributed by atoms with van der Waals surface area (Å²) in [4.78, 5) is 11.7.